The summed E-state index contributed by atoms with van der Waals surface area (Å²) in [6.45, 7) is 5.03. The fourth-order valence-electron chi connectivity index (χ4n) is 1.28. The predicted molar refractivity (Wildman–Crippen MR) is 61.1 cm³/mol. The second-order valence-electron chi connectivity index (χ2n) is 4.18. The average Bonchev–Trinajstić information content (AvgIpc) is 2.18. The molecule has 0 amide bonds. The van der Waals surface area contributed by atoms with Crippen LogP contribution < -0.4 is 10.1 Å². The van der Waals surface area contributed by atoms with Crippen molar-refractivity contribution in [1.82, 2.24) is 0 Å². The standard InChI is InChI=1S/C12H16F3NO/c1-9(2)7-8-16-10-3-5-11(6-4-10)17-12(13,14)15/h3-6,9,16H,7-8H2,1-2H3. The molecule has 2 nitrogen and oxygen atoms in total. The molecule has 0 spiro atoms. The predicted octanol–water partition coefficient (Wildman–Crippen LogP) is 4.04. The lowest BCUT2D eigenvalue weighted by Crippen LogP contribution is -2.17. The maximum Gasteiger partial charge on any atom is 0.573 e. The van der Waals surface area contributed by atoms with Gasteiger partial charge in [-0.3, -0.25) is 0 Å². The van der Waals surface area contributed by atoms with Gasteiger partial charge in [0.05, 0.1) is 0 Å². The highest BCUT2D eigenvalue weighted by molar-refractivity contribution is 5.46. The molecule has 17 heavy (non-hydrogen) atoms. The summed E-state index contributed by atoms with van der Waals surface area (Å²) in [6, 6.07) is 5.74. The van der Waals surface area contributed by atoms with Crippen LogP contribution in [0, 0.1) is 5.92 Å². The van der Waals surface area contributed by atoms with Crippen LogP contribution in [0.2, 0.25) is 0 Å². The summed E-state index contributed by atoms with van der Waals surface area (Å²) in [5, 5.41) is 3.13. The van der Waals surface area contributed by atoms with Crippen LogP contribution in [0.3, 0.4) is 0 Å². The van der Waals surface area contributed by atoms with Crippen molar-refractivity contribution in [2.24, 2.45) is 5.92 Å². The van der Waals surface area contributed by atoms with Gasteiger partial charge in [-0.05, 0) is 36.6 Å². The Labute approximate surface area is 98.8 Å². The van der Waals surface area contributed by atoms with Gasteiger partial charge in [0.2, 0.25) is 0 Å². The Morgan fingerprint density at radius 3 is 2.24 bits per heavy atom. The first-order valence-electron chi connectivity index (χ1n) is 5.46. The van der Waals surface area contributed by atoms with Gasteiger partial charge < -0.3 is 10.1 Å². The molecule has 0 radical (unpaired) electrons. The lowest BCUT2D eigenvalue weighted by molar-refractivity contribution is -0.274. The molecule has 0 saturated heterocycles. The van der Waals surface area contributed by atoms with Crippen LogP contribution in [-0.4, -0.2) is 12.9 Å². The quantitative estimate of drug-likeness (QED) is 0.847. The first kappa shape index (κ1) is 13.7. The van der Waals surface area contributed by atoms with Crippen molar-refractivity contribution in [1.29, 1.82) is 0 Å². The number of hydrogen-bond acceptors (Lipinski definition) is 2. The van der Waals surface area contributed by atoms with E-state index < -0.39 is 6.36 Å². The highest BCUT2D eigenvalue weighted by Gasteiger charge is 2.30. The van der Waals surface area contributed by atoms with Crippen molar-refractivity contribution in [3.8, 4) is 5.75 Å². The van der Waals surface area contributed by atoms with E-state index in [2.05, 4.69) is 23.9 Å². The van der Waals surface area contributed by atoms with E-state index in [1.54, 1.807) is 12.1 Å². The number of anilines is 1. The largest absolute Gasteiger partial charge is 0.573 e. The van der Waals surface area contributed by atoms with Crippen molar-refractivity contribution in [2.45, 2.75) is 26.6 Å². The molecule has 1 N–H and O–H groups in total. The van der Waals surface area contributed by atoms with Crippen LogP contribution >= 0.6 is 0 Å². The Morgan fingerprint density at radius 1 is 1.18 bits per heavy atom. The maximum atomic E-state index is 11.9. The first-order valence-corrected chi connectivity index (χ1v) is 5.46. The molecule has 0 saturated carbocycles. The van der Waals surface area contributed by atoms with Gasteiger partial charge in [-0.15, -0.1) is 13.2 Å². The van der Waals surface area contributed by atoms with E-state index in [0.29, 0.717) is 5.92 Å². The van der Waals surface area contributed by atoms with Crippen molar-refractivity contribution < 1.29 is 17.9 Å². The molecule has 1 aromatic rings. The summed E-state index contributed by atoms with van der Waals surface area (Å²) in [6.07, 6.45) is -3.62. The van der Waals surface area contributed by atoms with E-state index in [1.165, 1.54) is 12.1 Å². The zero-order valence-corrected chi connectivity index (χ0v) is 9.84. The normalized spacial score (nSPS) is 11.6. The number of alkyl halides is 3. The van der Waals surface area contributed by atoms with Crippen LogP contribution in [0.5, 0.6) is 5.75 Å². The molecule has 96 valence electrons. The highest BCUT2D eigenvalue weighted by Crippen LogP contribution is 2.23. The molecule has 0 aliphatic heterocycles. The minimum Gasteiger partial charge on any atom is -0.406 e. The molecule has 0 aromatic heterocycles. The van der Waals surface area contributed by atoms with E-state index in [1.807, 2.05) is 0 Å². The van der Waals surface area contributed by atoms with Gasteiger partial charge >= 0.3 is 6.36 Å². The average molecular weight is 247 g/mol. The second kappa shape index (κ2) is 5.80. The van der Waals surface area contributed by atoms with Crippen molar-refractivity contribution in [2.75, 3.05) is 11.9 Å². The van der Waals surface area contributed by atoms with Crippen LogP contribution in [0.15, 0.2) is 24.3 Å². The van der Waals surface area contributed by atoms with Gasteiger partial charge in [0, 0.05) is 12.2 Å². The monoisotopic (exact) mass is 247 g/mol. The Bertz CT molecular complexity index is 333. The Morgan fingerprint density at radius 2 is 1.76 bits per heavy atom. The lowest BCUT2D eigenvalue weighted by Gasteiger charge is -2.11. The summed E-state index contributed by atoms with van der Waals surface area (Å²) in [5.41, 5.74) is 0.792. The van der Waals surface area contributed by atoms with Gasteiger partial charge in [-0.1, -0.05) is 13.8 Å². The van der Waals surface area contributed by atoms with Crippen molar-refractivity contribution in [3.63, 3.8) is 0 Å². The number of benzene rings is 1. The van der Waals surface area contributed by atoms with Crippen LogP contribution in [-0.2, 0) is 0 Å². The number of rotatable bonds is 5. The molecule has 0 heterocycles. The van der Waals surface area contributed by atoms with Gasteiger partial charge in [0.25, 0.3) is 0 Å². The van der Waals surface area contributed by atoms with E-state index in [4.69, 9.17) is 0 Å². The third-order valence-corrected chi connectivity index (χ3v) is 2.14. The molecule has 1 rings (SSSR count). The topological polar surface area (TPSA) is 21.3 Å². The van der Waals surface area contributed by atoms with Gasteiger partial charge in [0.15, 0.2) is 0 Å². The molecule has 0 aliphatic rings. The van der Waals surface area contributed by atoms with E-state index in [-0.39, 0.29) is 5.75 Å². The lowest BCUT2D eigenvalue weighted by atomic mass is 10.1. The molecule has 0 bridgehead atoms. The summed E-state index contributed by atoms with van der Waals surface area (Å²) in [5.74, 6) is 0.391. The van der Waals surface area contributed by atoms with Crippen LogP contribution in [0.1, 0.15) is 20.3 Å². The fraction of sp³-hybridized carbons (Fsp3) is 0.500. The minimum atomic E-state index is -4.63. The zero-order valence-electron chi connectivity index (χ0n) is 9.84. The van der Waals surface area contributed by atoms with E-state index in [0.717, 1.165) is 18.7 Å². The van der Waals surface area contributed by atoms with Crippen LogP contribution in [0.4, 0.5) is 18.9 Å². The minimum absolute atomic E-state index is 0.202. The molecule has 0 fully saturated rings. The molecular weight excluding hydrogens is 231 g/mol. The third kappa shape index (κ3) is 6.04. The Kier molecular flexibility index (Phi) is 4.66. The summed E-state index contributed by atoms with van der Waals surface area (Å²) in [7, 11) is 0. The van der Waals surface area contributed by atoms with Crippen LogP contribution in [0.25, 0.3) is 0 Å². The van der Waals surface area contributed by atoms with Gasteiger partial charge in [-0.25, -0.2) is 0 Å². The number of nitrogens with one attached hydrogen (secondary N) is 1. The van der Waals surface area contributed by atoms with E-state index >= 15 is 0 Å². The SMILES string of the molecule is CC(C)CCNc1ccc(OC(F)(F)F)cc1. The number of halogens is 3. The van der Waals surface area contributed by atoms with Gasteiger partial charge in [-0.2, -0.15) is 0 Å². The number of ether oxygens (including phenoxy) is 1. The Hall–Kier alpha value is -1.39. The number of hydrogen-bond donors (Lipinski definition) is 1. The molecule has 0 aliphatic carbocycles. The van der Waals surface area contributed by atoms with Crippen molar-refractivity contribution in [3.05, 3.63) is 24.3 Å². The maximum absolute atomic E-state index is 11.9. The molecular formula is C12H16F3NO. The molecule has 1 aromatic carbocycles. The fourth-order valence-corrected chi connectivity index (χ4v) is 1.28. The highest BCUT2D eigenvalue weighted by atomic mass is 19.4. The Balaban J connectivity index is 2.45. The smallest absolute Gasteiger partial charge is 0.406 e. The second-order valence-corrected chi connectivity index (χ2v) is 4.18. The molecule has 0 atom stereocenters. The van der Waals surface area contributed by atoms with Crippen molar-refractivity contribution >= 4 is 5.69 Å². The van der Waals surface area contributed by atoms with Gasteiger partial charge in [0.1, 0.15) is 5.75 Å². The van der Waals surface area contributed by atoms with E-state index in [9.17, 15) is 13.2 Å². The molecule has 0 unspecified atom stereocenters. The summed E-state index contributed by atoms with van der Waals surface area (Å²) >= 11 is 0. The summed E-state index contributed by atoms with van der Waals surface area (Å²) in [4.78, 5) is 0. The first-order chi connectivity index (χ1) is 7.87. The molecule has 5 heteroatoms. The summed E-state index contributed by atoms with van der Waals surface area (Å²) < 4.78 is 39.5. The third-order valence-electron chi connectivity index (χ3n) is 2.14. The zero-order chi connectivity index (χ0) is 12.9.